The van der Waals surface area contributed by atoms with E-state index in [1.807, 2.05) is 25.1 Å². The van der Waals surface area contributed by atoms with Crippen molar-refractivity contribution in [2.45, 2.75) is 18.7 Å². The summed E-state index contributed by atoms with van der Waals surface area (Å²) >= 11 is 5.02. The number of nitrogens with zero attached hydrogens (tertiary/aromatic N) is 1. The highest BCUT2D eigenvalue weighted by Gasteiger charge is 2.13. The van der Waals surface area contributed by atoms with Gasteiger partial charge in [0.1, 0.15) is 17.4 Å². The van der Waals surface area contributed by atoms with E-state index in [1.54, 1.807) is 23.9 Å². The predicted molar refractivity (Wildman–Crippen MR) is 90.9 cm³/mol. The number of nitrogens with two attached hydrogens (primary N) is 1. The summed E-state index contributed by atoms with van der Waals surface area (Å²) < 4.78 is 6.83. The molecule has 5 heteroatoms. The Morgan fingerprint density at radius 1 is 1.38 bits per heavy atom. The molecule has 0 atom stereocenters. The number of benzene rings is 2. The zero-order chi connectivity index (χ0) is 15.4. The second kappa shape index (κ2) is 6.88. The molecule has 0 fully saturated rings. The van der Waals surface area contributed by atoms with Crippen LogP contribution in [0.1, 0.15) is 18.1 Å². The van der Waals surface area contributed by atoms with E-state index in [4.69, 9.17) is 10.5 Å². The van der Waals surface area contributed by atoms with E-state index in [0.29, 0.717) is 22.7 Å². The van der Waals surface area contributed by atoms with Crippen LogP contribution in [0.4, 0.5) is 5.69 Å². The van der Waals surface area contributed by atoms with Crippen LogP contribution in [0.15, 0.2) is 39.7 Å². The first kappa shape index (κ1) is 15.7. The number of ether oxygens (including phenoxy) is 1. The van der Waals surface area contributed by atoms with Crippen LogP contribution in [0.5, 0.6) is 11.5 Å². The van der Waals surface area contributed by atoms with Crippen molar-refractivity contribution in [1.29, 1.82) is 5.26 Å². The third-order valence-corrected chi connectivity index (χ3v) is 4.28. The van der Waals surface area contributed by atoms with Crippen LogP contribution in [0.3, 0.4) is 0 Å². The van der Waals surface area contributed by atoms with E-state index in [0.717, 1.165) is 20.7 Å². The SMILES string of the molecule is CCSc1cccc(Oc2c(C)cc(Br)cc2N)c1C#N. The third kappa shape index (κ3) is 3.52. The third-order valence-electron chi connectivity index (χ3n) is 2.88. The molecule has 0 saturated heterocycles. The molecule has 0 spiro atoms. The van der Waals surface area contributed by atoms with Crippen LogP contribution < -0.4 is 10.5 Å². The van der Waals surface area contributed by atoms with Gasteiger partial charge in [0.25, 0.3) is 0 Å². The minimum absolute atomic E-state index is 0.535. The molecule has 0 saturated carbocycles. The van der Waals surface area contributed by atoms with Crippen molar-refractivity contribution in [3.8, 4) is 17.6 Å². The topological polar surface area (TPSA) is 59.0 Å². The lowest BCUT2D eigenvalue weighted by atomic mass is 10.2. The van der Waals surface area contributed by atoms with Crippen molar-refractivity contribution in [2.75, 3.05) is 11.5 Å². The number of hydrogen-bond acceptors (Lipinski definition) is 4. The zero-order valence-corrected chi connectivity index (χ0v) is 14.2. The van der Waals surface area contributed by atoms with Crippen molar-refractivity contribution < 1.29 is 4.74 Å². The Morgan fingerprint density at radius 2 is 2.14 bits per heavy atom. The number of anilines is 1. The largest absolute Gasteiger partial charge is 0.453 e. The molecule has 0 aliphatic carbocycles. The van der Waals surface area contributed by atoms with E-state index >= 15 is 0 Å². The first-order chi connectivity index (χ1) is 10.1. The van der Waals surface area contributed by atoms with E-state index in [1.165, 1.54) is 0 Å². The minimum Gasteiger partial charge on any atom is -0.453 e. The van der Waals surface area contributed by atoms with Crippen molar-refractivity contribution in [3.63, 3.8) is 0 Å². The van der Waals surface area contributed by atoms with Gasteiger partial charge in [0.15, 0.2) is 5.75 Å². The highest BCUT2D eigenvalue weighted by atomic mass is 79.9. The second-order valence-corrected chi connectivity index (χ2v) is 6.64. The first-order valence-corrected chi connectivity index (χ1v) is 8.24. The fourth-order valence-corrected chi connectivity index (χ4v) is 3.35. The average molecular weight is 363 g/mol. The molecule has 0 bridgehead atoms. The van der Waals surface area contributed by atoms with Gasteiger partial charge in [-0.15, -0.1) is 11.8 Å². The Morgan fingerprint density at radius 3 is 2.76 bits per heavy atom. The summed E-state index contributed by atoms with van der Waals surface area (Å²) in [6.07, 6.45) is 0. The molecule has 0 unspecified atom stereocenters. The lowest BCUT2D eigenvalue weighted by Crippen LogP contribution is -1.97. The molecule has 21 heavy (non-hydrogen) atoms. The summed E-state index contributed by atoms with van der Waals surface area (Å²) in [5.41, 5.74) is 8.02. The summed E-state index contributed by atoms with van der Waals surface area (Å²) in [7, 11) is 0. The van der Waals surface area contributed by atoms with Crippen molar-refractivity contribution in [1.82, 2.24) is 0 Å². The molecule has 0 aliphatic heterocycles. The standard InChI is InChI=1S/C16H15BrN2OS/c1-3-21-15-6-4-5-14(12(15)9-18)20-16-10(2)7-11(17)8-13(16)19/h4-8H,3,19H2,1-2H3. The Bertz CT molecular complexity index is 687. The molecule has 2 rings (SSSR count). The van der Waals surface area contributed by atoms with Gasteiger partial charge in [-0.25, -0.2) is 0 Å². The lowest BCUT2D eigenvalue weighted by Gasteiger charge is -2.14. The lowest BCUT2D eigenvalue weighted by molar-refractivity contribution is 0.478. The molecule has 108 valence electrons. The summed E-state index contributed by atoms with van der Waals surface area (Å²) in [6, 6.07) is 11.6. The number of aryl methyl sites for hydroxylation is 1. The van der Waals surface area contributed by atoms with Gasteiger partial charge < -0.3 is 10.5 Å². The maximum Gasteiger partial charge on any atom is 0.153 e. The van der Waals surface area contributed by atoms with Gasteiger partial charge in [-0.05, 0) is 42.5 Å². The number of nitriles is 1. The van der Waals surface area contributed by atoms with Gasteiger partial charge in [0, 0.05) is 9.37 Å². The first-order valence-electron chi connectivity index (χ1n) is 6.46. The fourth-order valence-electron chi connectivity index (χ4n) is 1.99. The molecular formula is C16H15BrN2OS. The van der Waals surface area contributed by atoms with Crippen LogP contribution in [0.2, 0.25) is 0 Å². The molecule has 0 aromatic heterocycles. The summed E-state index contributed by atoms with van der Waals surface area (Å²) in [5, 5.41) is 9.40. The number of rotatable bonds is 4. The van der Waals surface area contributed by atoms with Crippen molar-refractivity contribution in [3.05, 3.63) is 45.9 Å². The van der Waals surface area contributed by atoms with Crippen LogP contribution >= 0.6 is 27.7 Å². The number of hydrogen-bond donors (Lipinski definition) is 1. The van der Waals surface area contributed by atoms with Gasteiger partial charge in [-0.1, -0.05) is 28.9 Å². The average Bonchev–Trinajstić information content (AvgIpc) is 2.43. The molecule has 0 heterocycles. The highest BCUT2D eigenvalue weighted by Crippen LogP contribution is 2.37. The van der Waals surface area contributed by atoms with Gasteiger partial charge in [-0.3, -0.25) is 0 Å². The summed E-state index contributed by atoms with van der Waals surface area (Å²) in [6.45, 7) is 3.98. The molecule has 0 amide bonds. The molecule has 0 radical (unpaired) electrons. The monoisotopic (exact) mass is 362 g/mol. The molecule has 2 aromatic carbocycles. The minimum atomic E-state index is 0.535. The van der Waals surface area contributed by atoms with E-state index in [2.05, 4.69) is 28.9 Å². The fraction of sp³-hybridized carbons (Fsp3) is 0.188. The number of thioether (sulfide) groups is 1. The molecular weight excluding hydrogens is 348 g/mol. The zero-order valence-electron chi connectivity index (χ0n) is 11.8. The van der Waals surface area contributed by atoms with E-state index in [-0.39, 0.29) is 0 Å². The maximum atomic E-state index is 9.40. The molecule has 3 nitrogen and oxygen atoms in total. The Kier molecular flexibility index (Phi) is 5.16. The van der Waals surface area contributed by atoms with Gasteiger partial charge in [-0.2, -0.15) is 5.26 Å². The van der Waals surface area contributed by atoms with Gasteiger partial charge in [0.05, 0.1) is 5.69 Å². The normalized spacial score (nSPS) is 10.2. The maximum absolute atomic E-state index is 9.40. The Balaban J connectivity index is 2.46. The second-order valence-electron chi connectivity index (χ2n) is 4.42. The predicted octanol–water partition coefficient (Wildman–Crippen LogP) is 5.12. The van der Waals surface area contributed by atoms with Crippen molar-refractivity contribution in [2.24, 2.45) is 0 Å². The van der Waals surface area contributed by atoms with Crippen LogP contribution in [0, 0.1) is 18.3 Å². The van der Waals surface area contributed by atoms with Crippen LogP contribution in [-0.4, -0.2) is 5.75 Å². The van der Waals surface area contributed by atoms with Gasteiger partial charge >= 0.3 is 0 Å². The van der Waals surface area contributed by atoms with Crippen LogP contribution in [-0.2, 0) is 0 Å². The van der Waals surface area contributed by atoms with E-state index < -0.39 is 0 Å². The summed E-state index contributed by atoms with van der Waals surface area (Å²) in [5.74, 6) is 2.03. The number of nitrogen functional groups attached to an aromatic ring is 1. The van der Waals surface area contributed by atoms with E-state index in [9.17, 15) is 5.26 Å². The Hall–Kier alpha value is -1.64. The molecule has 0 aliphatic rings. The van der Waals surface area contributed by atoms with Crippen molar-refractivity contribution >= 4 is 33.4 Å². The van der Waals surface area contributed by atoms with Crippen LogP contribution in [0.25, 0.3) is 0 Å². The Labute approximate surface area is 137 Å². The smallest absolute Gasteiger partial charge is 0.153 e. The van der Waals surface area contributed by atoms with Gasteiger partial charge in [0.2, 0.25) is 0 Å². The quantitative estimate of drug-likeness (QED) is 0.605. The number of halogens is 1. The molecule has 2 N–H and O–H groups in total. The highest BCUT2D eigenvalue weighted by molar-refractivity contribution is 9.10. The summed E-state index contributed by atoms with van der Waals surface area (Å²) in [4.78, 5) is 0.922. The molecule has 2 aromatic rings.